The second kappa shape index (κ2) is 8.72. The third kappa shape index (κ3) is 3.33. The Balaban J connectivity index is 1.66. The molecule has 1 aliphatic heterocycles. The summed E-state index contributed by atoms with van der Waals surface area (Å²) in [7, 11) is 3.80. The van der Waals surface area contributed by atoms with Crippen molar-refractivity contribution in [1.29, 1.82) is 0 Å². The minimum Gasteiger partial charge on any atom is -0.497 e. The van der Waals surface area contributed by atoms with E-state index in [4.69, 9.17) is 4.74 Å². The Morgan fingerprint density at radius 1 is 0.833 bits per heavy atom. The highest BCUT2D eigenvalue weighted by Crippen LogP contribution is 2.49. The molecular weight excluding hydrogens is 444 g/mol. The maximum Gasteiger partial charge on any atom is 0.255 e. The lowest BCUT2D eigenvalue weighted by atomic mass is 9.92. The quantitative estimate of drug-likeness (QED) is 0.272. The summed E-state index contributed by atoms with van der Waals surface area (Å²) in [5.41, 5.74) is 7.37. The molecule has 2 heterocycles. The van der Waals surface area contributed by atoms with E-state index in [-0.39, 0.29) is 18.0 Å². The van der Waals surface area contributed by atoms with Crippen LogP contribution in [0.15, 0.2) is 103 Å². The molecule has 4 aromatic carbocycles. The number of amides is 1. The summed E-state index contributed by atoms with van der Waals surface area (Å²) < 4.78 is 7.82. The second-order valence-electron chi connectivity index (χ2n) is 9.36. The number of carbonyl (C=O) groups is 1. The Morgan fingerprint density at radius 2 is 1.56 bits per heavy atom. The Labute approximate surface area is 211 Å². The fraction of sp³-hybridized carbons (Fsp3) is 0.156. The molecule has 0 spiro atoms. The van der Waals surface area contributed by atoms with Crippen molar-refractivity contribution in [2.24, 2.45) is 7.05 Å². The summed E-state index contributed by atoms with van der Waals surface area (Å²) in [6.45, 7) is 2.13. The average Bonchev–Trinajstić information content (AvgIpc) is 3.39. The fourth-order valence-electron chi connectivity index (χ4n) is 5.74. The monoisotopic (exact) mass is 472 g/mol. The van der Waals surface area contributed by atoms with Crippen LogP contribution in [0.5, 0.6) is 5.75 Å². The van der Waals surface area contributed by atoms with Crippen molar-refractivity contribution in [1.82, 2.24) is 9.47 Å². The first-order valence-corrected chi connectivity index (χ1v) is 12.3. The van der Waals surface area contributed by atoms with Gasteiger partial charge in [-0.25, -0.2) is 0 Å². The van der Waals surface area contributed by atoms with Crippen molar-refractivity contribution in [2.45, 2.75) is 19.0 Å². The van der Waals surface area contributed by atoms with E-state index in [0.717, 1.165) is 50.2 Å². The van der Waals surface area contributed by atoms with Crippen LogP contribution >= 0.6 is 0 Å². The molecule has 0 N–H and O–H groups in total. The van der Waals surface area contributed by atoms with Crippen molar-refractivity contribution < 1.29 is 9.53 Å². The smallest absolute Gasteiger partial charge is 0.255 e. The maximum absolute atomic E-state index is 14.0. The number of hydrogen-bond donors (Lipinski definition) is 0. The van der Waals surface area contributed by atoms with Crippen LogP contribution in [-0.4, -0.2) is 22.5 Å². The molecule has 0 fully saturated rings. The van der Waals surface area contributed by atoms with E-state index in [9.17, 15) is 4.79 Å². The lowest BCUT2D eigenvalue weighted by Gasteiger charge is -2.32. The summed E-state index contributed by atoms with van der Waals surface area (Å²) in [5, 5.41) is 1.15. The van der Waals surface area contributed by atoms with Gasteiger partial charge >= 0.3 is 0 Å². The van der Waals surface area contributed by atoms with Gasteiger partial charge in [-0.1, -0.05) is 78.9 Å². The summed E-state index contributed by atoms with van der Waals surface area (Å²) >= 11 is 0. The van der Waals surface area contributed by atoms with E-state index in [1.165, 1.54) is 0 Å². The van der Waals surface area contributed by atoms with E-state index in [1.807, 2.05) is 48.5 Å². The summed E-state index contributed by atoms with van der Waals surface area (Å²) in [6, 6.07) is 34.7. The van der Waals surface area contributed by atoms with Gasteiger partial charge < -0.3 is 14.2 Å². The van der Waals surface area contributed by atoms with Gasteiger partial charge in [0, 0.05) is 34.6 Å². The molecule has 0 saturated heterocycles. The van der Waals surface area contributed by atoms with Gasteiger partial charge in [-0.3, -0.25) is 4.79 Å². The number of hydrogen-bond acceptors (Lipinski definition) is 2. The molecule has 2 atom stereocenters. The van der Waals surface area contributed by atoms with Gasteiger partial charge in [0.15, 0.2) is 0 Å². The highest BCUT2D eigenvalue weighted by Gasteiger charge is 2.43. The topological polar surface area (TPSA) is 34.5 Å². The van der Waals surface area contributed by atoms with Crippen LogP contribution in [0, 0.1) is 0 Å². The Bertz CT molecular complexity index is 1580. The first-order valence-electron chi connectivity index (χ1n) is 12.3. The molecule has 1 aromatic heterocycles. The van der Waals surface area contributed by atoms with Crippen LogP contribution in [0.3, 0.4) is 0 Å². The predicted molar refractivity (Wildman–Crippen MR) is 144 cm³/mol. The van der Waals surface area contributed by atoms with E-state index >= 15 is 0 Å². The number of para-hydroxylation sites is 1. The van der Waals surface area contributed by atoms with Crippen molar-refractivity contribution in [3.8, 4) is 17.0 Å². The molecule has 1 amide bonds. The molecule has 0 saturated carbocycles. The molecule has 36 heavy (non-hydrogen) atoms. The molecule has 0 bridgehead atoms. The summed E-state index contributed by atoms with van der Waals surface area (Å²) in [5.74, 6) is 0.873. The fourth-order valence-corrected chi connectivity index (χ4v) is 5.74. The third-order valence-corrected chi connectivity index (χ3v) is 7.46. The minimum absolute atomic E-state index is 0.0662. The first-order chi connectivity index (χ1) is 17.6. The zero-order valence-electron chi connectivity index (χ0n) is 20.7. The molecular formula is C32H28N2O2. The number of aryl methyl sites for hydroxylation is 1. The number of fused-ring (bicyclic) bond motifs is 2. The van der Waals surface area contributed by atoms with E-state index in [1.54, 1.807) is 7.11 Å². The third-order valence-electron chi connectivity index (χ3n) is 7.46. The number of rotatable bonds is 5. The van der Waals surface area contributed by atoms with Crippen LogP contribution in [-0.2, 0) is 7.05 Å². The lowest BCUT2D eigenvalue weighted by Crippen LogP contribution is -2.31. The number of carbonyl (C=O) groups excluding carboxylic acids is 1. The normalized spacial score (nSPS) is 15.8. The second-order valence-corrected chi connectivity index (χ2v) is 9.36. The van der Waals surface area contributed by atoms with Crippen LogP contribution in [0.4, 0.5) is 0 Å². The van der Waals surface area contributed by atoms with Crippen LogP contribution in [0.1, 0.15) is 46.1 Å². The van der Waals surface area contributed by atoms with Gasteiger partial charge in [-0.15, -0.1) is 0 Å². The number of aromatic nitrogens is 1. The molecule has 2 unspecified atom stereocenters. The highest BCUT2D eigenvalue weighted by atomic mass is 16.5. The average molecular weight is 473 g/mol. The maximum atomic E-state index is 14.0. The Hall–Kier alpha value is -4.31. The SMILES string of the molecule is COc1cccc(-c2c(C3c4ccccc4C(=O)N3C(C)c3ccccc3)c3ccccc3n2C)c1. The molecule has 4 nitrogen and oxygen atoms in total. The number of benzene rings is 4. The van der Waals surface area contributed by atoms with Gasteiger partial charge in [0.05, 0.1) is 24.9 Å². The van der Waals surface area contributed by atoms with Gasteiger partial charge in [0.25, 0.3) is 5.91 Å². The van der Waals surface area contributed by atoms with Crippen LogP contribution < -0.4 is 4.74 Å². The highest BCUT2D eigenvalue weighted by molar-refractivity contribution is 6.02. The number of methoxy groups -OCH3 is 1. The molecule has 1 aliphatic rings. The molecule has 178 valence electrons. The zero-order valence-corrected chi connectivity index (χ0v) is 20.7. The van der Waals surface area contributed by atoms with E-state index in [2.05, 4.69) is 78.0 Å². The first kappa shape index (κ1) is 22.2. The van der Waals surface area contributed by atoms with Crippen LogP contribution in [0.25, 0.3) is 22.2 Å². The molecule has 0 aliphatic carbocycles. The Morgan fingerprint density at radius 3 is 2.36 bits per heavy atom. The van der Waals surface area contributed by atoms with Crippen molar-refractivity contribution in [3.05, 3.63) is 125 Å². The predicted octanol–water partition coefficient (Wildman–Crippen LogP) is 7.16. The molecule has 4 heteroatoms. The Kier molecular flexibility index (Phi) is 5.37. The largest absolute Gasteiger partial charge is 0.497 e. The van der Waals surface area contributed by atoms with Gasteiger partial charge in [-0.2, -0.15) is 0 Å². The van der Waals surface area contributed by atoms with Gasteiger partial charge in [-0.05, 0) is 42.3 Å². The molecule has 6 rings (SSSR count). The zero-order chi connectivity index (χ0) is 24.8. The van der Waals surface area contributed by atoms with Gasteiger partial charge in [0.2, 0.25) is 0 Å². The van der Waals surface area contributed by atoms with Crippen LogP contribution in [0.2, 0.25) is 0 Å². The van der Waals surface area contributed by atoms with Crippen molar-refractivity contribution >= 4 is 16.8 Å². The standard InChI is InChI=1S/C32H28N2O2/c1-21(22-12-5-4-6-13-22)34-31(25-16-7-8-17-26(25)32(34)35)29-27-18-9-10-19-28(27)33(2)30(29)23-14-11-15-24(20-23)36-3/h4-21,31H,1-3H3. The summed E-state index contributed by atoms with van der Waals surface area (Å²) in [6.07, 6.45) is 0. The van der Waals surface area contributed by atoms with Crippen molar-refractivity contribution in [3.63, 3.8) is 0 Å². The number of ether oxygens (including phenoxy) is 1. The summed E-state index contributed by atoms with van der Waals surface area (Å²) in [4.78, 5) is 16.0. The van der Waals surface area contributed by atoms with Gasteiger partial charge in [0.1, 0.15) is 5.75 Å². The molecule has 0 radical (unpaired) electrons. The number of nitrogens with zero attached hydrogens (tertiary/aromatic N) is 2. The minimum atomic E-state index is -0.226. The molecule has 5 aromatic rings. The van der Waals surface area contributed by atoms with E-state index in [0.29, 0.717) is 0 Å². The van der Waals surface area contributed by atoms with E-state index < -0.39 is 0 Å². The van der Waals surface area contributed by atoms with Crippen molar-refractivity contribution in [2.75, 3.05) is 7.11 Å². The lowest BCUT2D eigenvalue weighted by molar-refractivity contribution is 0.0678.